The molecule has 0 saturated carbocycles. The second-order valence-corrected chi connectivity index (χ2v) is 9.26. The van der Waals surface area contributed by atoms with Crippen LogP contribution in [0.5, 0.6) is 11.5 Å². The lowest BCUT2D eigenvalue weighted by atomic mass is 10.1. The number of hydrogen-bond acceptors (Lipinski definition) is 7. The molecule has 3 aromatic rings. The fourth-order valence-corrected chi connectivity index (χ4v) is 4.88. The average Bonchev–Trinajstić information content (AvgIpc) is 3.31. The van der Waals surface area contributed by atoms with Crippen LogP contribution in [0.3, 0.4) is 0 Å². The summed E-state index contributed by atoms with van der Waals surface area (Å²) in [6.45, 7) is 0.545. The Balaban J connectivity index is 1.31. The van der Waals surface area contributed by atoms with Crippen molar-refractivity contribution < 1.29 is 14.3 Å². The molecule has 8 nitrogen and oxygen atoms in total. The maximum Gasteiger partial charge on any atom is 0.283 e. The van der Waals surface area contributed by atoms with Crippen molar-refractivity contribution in [2.45, 2.75) is 0 Å². The summed E-state index contributed by atoms with van der Waals surface area (Å²) in [5, 5.41) is 15.8. The molecule has 0 bridgehead atoms. The van der Waals surface area contributed by atoms with Crippen LogP contribution >= 0.6 is 35.0 Å². The number of carbonyl (C=O) groups excluding carboxylic acids is 1. The fourth-order valence-electron chi connectivity index (χ4n) is 3.39. The van der Waals surface area contributed by atoms with Gasteiger partial charge < -0.3 is 9.47 Å². The van der Waals surface area contributed by atoms with Gasteiger partial charge in [-0.1, -0.05) is 41.4 Å². The molecule has 0 fully saturated rings. The zero-order valence-corrected chi connectivity index (χ0v) is 20.8. The van der Waals surface area contributed by atoms with E-state index in [4.69, 9.17) is 38.1 Å². The maximum atomic E-state index is 12.7. The Labute approximate surface area is 220 Å². The van der Waals surface area contributed by atoms with Crippen molar-refractivity contribution in [2.24, 2.45) is 10.1 Å². The van der Waals surface area contributed by atoms with Crippen molar-refractivity contribution in [3.8, 4) is 11.5 Å². The van der Waals surface area contributed by atoms with Gasteiger partial charge in [0.25, 0.3) is 5.91 Å². The first-order chi connectivity index (χ1) is 17.5. The van der Waals surface area contributed by atoms with Gasteiger partial charge in [-0.05, 0) is 59.8 Å². The van der Waals surface area contributed by atoms with Crippen LogP contribution in [0.4, 0.5) is 0 Å². The van der Waals surface area contributed by atoms with Gasteiger partial charge in [-0.25, -0.2) is 0 Å². The van der Waals surface area contributed by atoms with E-state index in [-0.39, 0.29) is 28.1 Å². The summed E-state index contributed by atoms with van der Waals surface area (Å²) in [4.78, 5) is 20.9. The molecular weight excluding hydrogens is 521 g/mol. The van der Waals surface area contributed by atoms with Gasteiger partial charge >= 0.3 is 0 Å². The van der Waals surface area contributed by atoms with Crippen LogP contribution in [-0.2, 0) is 4.79 Å². The van der Waals surface area contributed by atoms with Crippen molar-refractivity contribution in [3.63, 3.8) is 0 Å². The second-order valence-electron chi connectivity index (χ2n) is 7.49. The summed E-state index contributed by atoms with van der Waals surface area (Å²) in [6, 6.07) is 16.2. The molecule has 1 aromatic heterocycles. The van der Waals surface area contributed by atoms with E-state index in [1.165, 1.54) is 22.8 Å². The number of amides is 1. The lowest BCUT2D eigenvalue weighted by molar-refractivity contribution is -0.114. The Morgan fingerprint density at radius 3 is 2.50 bits per heavy atom. The molecule has 0 unspecified atom stereocenters. The number of amidine groups is 2. The lowest BCUT2D eigenvalue weighted by Crippen LogP contribution is -2.35. The Morgan fingerprint density at radius 2 is 1.78 bits per heavy atom. The van der Waals surface area contributed by atoms with E-state index in [1.54, 1.807) is 30.6 Å². The first-order valence-corrected chi connectivity index (χ1v) is 12.3. The van der Waals surface area contributed by atoms with Crippen molar-refractivity contribution in [1.29, 1.82) is 5.41 Å². The number of pyridine rings is 1. The summed E-state index contributed by atoms with van der Waals surface area (Å²) in [6.07, 6.45) is 4.83. The highest BCUT2D eigenvalue weighted by atomic mass is 35.5. The van der Waals surface area contributed by atoms with Crippen LogP contribution in [0.2, 0.25) is 10.0 Å². The zero-order valence-electron chi connectivity index (χ0n) is 18.5. The summed E-state index contributed by atoms with van der Waals surface area (Å²) in [5.41, 5.74) is 1.36. The number of hydrazone groups is 1. The van der Waals surface area contributed by atoms with E-state index in [2.05, 4.69) is 15.1 Å². The first-order valence-electron chi connectivity index (χ1n) is 10.7. The average molecular weight is 538 g/mol. The minimum Gasteiger partial charge on any atom is -0.490 e. The third-order valence-electron chi connectivity index (χ3n) is 5.04. The number of carbonyl (C=O) groups is 1. The van der Waals surface area contributed by atoms with Crippen molar-refractivity contribution in [2.75, 3.05) is 13.2 Å². The number of nitrogens with zero attached hydrogens (tertiary/aromatic N) is 4. The number of ether oxygens (including phenoxy) is 2. The second kappa shape index (κ2) is 10.5. The monoisotopic (exact) mass is 537 g/mol. The highest BCUT2D eigenvalue weighted by molar-refractivity contribution is 8.27. The number of aromatic nitrogens is 1. The molecular formula is C25H17Cl2N5O3S. The standard InChI is InChI=1S/C25H17Cl2N5O3S/c26-19-12-15(13-20(27)21(19)35-10-9-34-17-6-2-1-3-7-17)11-18-22(28)32-25(30-23(18)33)36-24(31-32)16-5-4-8-29-14-16/h1-8,11-14,28H,9-10H2/b18-11-,28-22?. The topological polar surface area (TPSA) is 100 Å². The number of thioether (sulfide) groups is 1. The van der Waals surface area contributed by atoms with E-state index in [0.717, 1.165) is 11.3 Å². The van der Waals surface area contributed by atoms with Gasteiger partial charge in [-0.2, -0.15) is 15.1 Å². The van der Waals surface area contributed by atoms with Crippen LogP contribution in [0.15, 0.2) is 82.7 Å². The third kappa shape index (κ3) is 5.13. The van der Waals surface area contributed by atoms with Crippen LogP contribution in [0, 0.1) is 5.41 Å². The molecule has 3 heterocycles. The first kappa shape index (κ1) is 24.1. The van der Waals surface area contributed by atoms with Crippen molar-refractivity contribution in [3.05, 3.63) is 93.7 Å². The Bertz CT molecular complexity index is 1410. The molecule has 1 N–H and O–H groups in total. The number of hydrogen-bond donors (Lipinski definition) is 1. The van der Waals surface area contributed by atoms with E-state index < -0.39 is 5.91 Å². The molecule has 0 aliphatic carbocycles. The summed E-state index contributed by atoms with van der Waals surface area (Å²) < 4.78 is 11.3. The predicted octanol–water partition coefficient (Wildman–Crippen LogP) is 5.51. The predicted molar refractivity (Wildman–Crippen MR) is 142 cm³/mol. The number of fused-ring (bicyclic) bond motifs is 1. The van der Waals surface area contributed by atoms with Crippen LogP contribution in [0.1, 0.15) is 11.1 Å². The fraction of sp³-hybridized carbons (Fsp3) is 0.0800. The lowest BCUT2D eigenvalue weighted by Gasteiger charge is -2.20. The molecule has 5 rings (SSSR count). The summed E-state index contributed by atoms with van der Waals surface area (Å²) >= 11 is 14.0. The van der Waals surface area contributed by atoms with Gasteiger partial charge in [-0.15, -0.1) is 0 Å². The number of rotatable bonds is 7. The highest BCUT2D eigenvalue weighted by Crippen LogP contribution is 2.36. The summed E-state index contributed by atoms with van der Waals surface area (Å²) in [5.74, 6) is 0.400. The number of aliphatic imine (C=N–C) groups is 1. The van der Waals surface area contributed by atoms with Gasteiger partial charge in [-0.3, -0.25) is 15.2 Å². The number of halogens is 2. The van der Waals surface area contributed by atoms with Gasteiger partial charge in [0.2, 0.25) is 5.17 Å². The largest absolute Gasteiger partial charge is 0.490 e. The molecule has 36 heavy (non-hydrogen) atoms. The van der Waals surface area contributed by atoms with Gasteiger partial charge in [0.1, 0.15) is 24.0 Å². The number of nitrogens with one attached hydrogen (secondary N) is 1. The van der Waals surface area contributed by atoms with E-state index in [9.17, 15) is 4.79 Å². The molecule has 0 atom stereocenters. The molecule has 1 amide bonds. The van der Waals surface area contributed by atoms with Crippen LogP contribution in [-0.4, -0.2) is 45.2 Å². The molecule has 2 aliphatic rings. The van der Waals surface area contributed by atoms with Crippen molar-refractivity contribution in [1.82, 2.24) is 9.99 Å². The molecule has 0 spiro atoms. The van der Waals surface area contributed by atoms with Gasteiger partial charge in [0.15, 0.2) is 11.6 Å². The Morgan fingerprint density at radius 1 is 1.03 bits per heavy atom. The number of benzene rings is 2. The normalized spacial score (nSPS) is 16.1. The SMILES string of the molecule is N=C1/C(=C/c2cc(Cl)c(OCCOc3ccccc3)c(Cl)c2)C(=O)N=C2SC(c3cccnc3)=NN12. The van der Waals surface area contributed by atoms with Gasteiger partial charge in [0, 0.05) is 18.0 Å². The summed E-state index contributed by atoms with van der Waals surface area (Å²) in [7, 11) is 0. The van der Waals surface area contributed by atoms with E-state index in [1.807, 2.05) is 36.4 Å². The van der Waals surface area contributed by atoms with E-state index in [0.29, 0.717) is 28.1 Å². The molecule has 0 saturated heterocycles. The van der Waals surface area contributed by atoms with Crippen LogP contribution < -0.4 is 9.47 Å². The Hall–Kier alpha value is -3.66. The Kier molecular flexibility index (Phi) is 7.04. The maximum absolute atomic E-state index is 12.7. The number of para-hydroxylation sites is 1. The molecule has 2 aromatic carbocycles. The quantitative estimate of drug-likeness (QED) is 0.315. The van der Waals surface area contributed by atoms with Gasteiger partial charge in [0.05, 0.1) is 15.6 Å². The van der Waals surface area contributed by atoms with Crippen molar-refractivity contribution >= 4 is 63.0 Å². The minimum absolute atomic E-state index is 0.0626. The molecule has 11 heteroatoms. The third-order valence-corrected chi connectivity index (χ3v) is 6.56. The molecule has 0 radical (unpaired) electrons. The molecule has 2 aliphatic heterocycles. The highest BCUT2D eigenvalue weighted by Gasteiger charge is 2.36. The van der Waals surface area contributed by atoms with E-state index >= 15 is 0 Å². The molecule has 180 valence electrons. The zero-order chi connectivity index (χ0) is 25.1. The smallest absolute Gasteiger partial charge is 0.283 e. The minimum atomic E-state index is -0.549. The van der Waals surface area contributed by atoms with Crippen LogP contribution in [0.25, 0.3) is 6.08 Å².